The summed E-state index contributed by atoms with van der Waals surface area (Å²) in [5.74, 6) is 2.14. The van der Waals surface area contributed by atoms with Crippen molar-refractivity contribution in [1.82, 2.24) is 24.1 Å². The number of hydrogen-bond acceptors (Lipinski definition) is 7. The van der Waals surface area contributed by atoms with Crippen LogP contribution in [0.2, 0.25) is 0 Å². The van der Waals surface area contributed by atoms with E-state index in [4.69, 9.17) is 0 Å². The largest absolute Gasteiger partial charge is 0.354 e. The third-order valence-corrected chi connectivity index (χ3v) is 7.79. The van der Waals surface area contributed by atoms with Crippen molar-refractivity contribution in [2.45, 2.75) is 18.1 Å². The maximum Gasteiger partial charge on any atom is 0.252 e. The Bertz CT molecular complexity index is 1040. The van der Waals surface area contributed by atoms with E-state index in [1.54, 1.807) is 21.3 Å². The van der Waals surface area contributed by atoms with Gasteiger partial charge in [0.25, 0.3) is 10.0 Å². The lowest BCUT2D eigenvalue weighted by atomic mass is 10.3. The van der Waals surface area contributed by atoms with Gasteiger partial charge in [0.1, 0.15) is 15.9 Å². The molecule has 0 amide bonds. The second-order valence-corrected chi connectivity index (χ2v) is 9.79. The van der Waals surface area contributed by atoms with Crippen LogP contribution in [0.25, 0.3) is 5.82 Å². The molecule has 8 nitrogen and oxygen atoms in total. The number of thiophene rings is 1. The first-order valence-electron chi connectivity index (χ1n) is 8.61. The Morgan fingerprint density at radius 2 is 1.78 bits per heavy atom. The Labute approximate surface area is 162 Å². The van der Waals surface area contributed by atoms with E-state index in [-0.39, 0.29) is 0 Å². The molecular weight excluding hydrogens is 384 g/mol. The van der Waals surface area contributed by atoms with Crippen molar-refractivity contribution in [1.29, 1.82) is 0 Å². The van der Waals surface area contributed by atoms with Gasteiger partial charge in [0.2, 0.25) is 0 Å². The highest BCUT2D eigenvalue weighted by Gasteiger charge is 2.30. The van der Waals surface area contributed by atoms with Crippen molar-refractivity contribution in [3.63, 3.8) is 0 Å². The number of aromatic nitrogens is 4. The van der Waals surface area contributed by atoms with E-state index >= 15 is 0 Å². The van der Waals surface area contributed by atoms with Crippen LogP contribution in [0.15, 0.2) is 40.9 Å². The van der Waals surface area contributed by atoms with Crippen molar-refractivity contribution >= 4 is 27.2 Å². The predicted octanol–water partition coefficient (Wildman–Crippen LogP) is 1.85. The summed E-state index contributed by atoms with van der Waals surface area (Å²) in [6.07, 6.45) is 3.53. The van der Waals surface area contributed by atoms with Crippen molar-refractivity contribution in [3.8, 4) is 5.82 Å². The average molecular weight is 405 g/mol. The molecular formula is C17H20N6O2S2. The molecule has 1 aliphatic heterocycles. The van der Waals surface area contributed by atoms with E-state index in [9.17, 15) is 8.42 Å². The minimum Gasteiger partial charge on any atom is -0.354 e. The molecule has 0 aromatic carbocycles. The van der Waals surface area contributed by atoms with Gasteiger partial charge in [-0.2, -0.15) is 9.40 Å². The van der Waals surface area contributed by atoms with Gasteiger partial charge in [-0.1, -0.05) is 0 Å². The van der Waals surface area contributed by atoms with Crippen LogP contribution in [-0.4, -0.2) is 58.7 Å². The van der Waals surface area contributed by atoms with Crippen LogP contribution in [0.1, 0.15) is 10.7 Å². The van der Waals surface area contributed by atoms with Gasteiger partial charge in [0.15, 0.2) is 5.82 Å². The summed E-state index contributed by atoms with van der Waals surface area (Å²) in [5, 5.41) is 4.22. The van der Waals surface area contributed by atoms with Gasteiger partial charge in [-0.15, -0.1) is 11.3 Å². The molecule has 4 rings (SSSR count). The van der Waals surface area contributed by atoms with E-state index in [1.807, 2.05) is 38.2 Å². The maximum absolute atomic E-state index is 12.8. The number of sulfonamides is 1. The molecule has 1 fully saturated rings. The second-order valence-electron chi connectivity index (χ2n) is 6.34. The van der Waals surface area contributed by atoms with Gasteiger partial charge in [0.05, 0.1) is 0 Å². The van der Waals surface area contributed by atoms with E-state index in [0.29, 0.717) is 42.0 Å². The first kappa shape index (κ1) is 18.1. The van der Waals surface area contributed by atoms with Crippen LogP contribution in [-0.2, 0) is 10.0 Å². The summed E-state index contributed by atoms with van der Waals surface area (Å²) in [6, 6.07) is 7.25. The van der Waals surface area contributed by atoms with Crippen molar-refractivity contribution in [2.24, 2.45) is 0 Å². The summed E-state index contributed by atoms with van der Waals surface area (Å²) >= 11 is 1.31. The van der Waals surface area contributed by atoms with Crippen molar-refractivity contribution in [3.05, 3.63) is 47.4 Å². The molecule has 0 aliphatic carbocycles. The van der Waals surface area contributed by atoms with Gasteiger partial charge in [0, 0.05) is 49.5 Å². The summed E-state index contributed by atoms with van der Waals surface area (Å²) < 4.78 is 29.2. The minimum absolute atomic E-state index is 0.410. The van der Waals surface area contributed by atoms with E-state index in [0.717, 1.165) is 10.7 Å². The average Bonchev–Trinajstić information content (AvgIpc) is 3.33. The zero-order valence-corrected chi connectivity index (χ0v) is 16.7. The fourth-order valence-corrected chi connectivity index (χ4v) is 5.92. The monoisotopic (exact) mass is 404 g/mol. The molecule has 27 heavy (non-hydrogen) atoms. The Morgan fingerprint density at radius 3 is 2.41 bits per heavy atom. The molecule has 0 atom stereocenters. The van der Waals surface area contributed by atoms with E-state index < -0.39 is 10.0 Å². The quantitative estimate of drug-likeness (QED) is 0.660. The number of hydrogen-bond donors (Lipinski definition) is 0. The Morgan fingerprint density at radius 1 is 1.04 bits per heavy atom. The van der Waals surface area contributed by atoms with Crippen LogP contribution in [0.3, 0.4) is 0 Å². The Kier molecular flexibility index (Phi) is 4.70. The third-order valence-electron chi connectivity index (χ3n) is 4.42. The molecule has 3 aromatic heterocycles. The fraction of sp³-hybridized carbons (Fsp3) is 0.353. The van der Waals surface area contributed by atoms with Gasteiger partial charge >= 0.3 is 0 Å². The Balaban J connectivity index is 1.51. The third kappa shape index (κ3) is 3.60. The maximum atomic E-state index is 12.8. The zero-order valence-electron chi connectivity index (χ0n) is 15.1. The van der Waals surface area contributed by atoms with E-state index in [2.05, 4.69) is 20.0 Å². The molecule has 0 N–H and O–H groups in total. The molecule has 0 spiro atoms. The molecule has 1 saturated heterocycles. The van der Waals surface area contributed by atoms with Gasteiger partial charge in [-0.05, 0) is 32.0 Å². The minimum atomic E-state index is -3.42. The van der Waals surface area contributed by atoms with Crippen LogP contribution in [0.5, 0.6) is 0 Å². The van der Waals surface area contributed by atoms with Crippen molar-refractivity contribution < 1.29 is 8.42 Å². The number of nitrogens with zero attached hydrogens (tertiary/aromatic N) is 6. The SMILES string of the molecule is Cc1nc(N2CCN(S(=O)(=O)c3ccc(C)s3)CC2)cc(-n2cccn2)n1. The zero-order chi connectivity index (χ0) is 19.0. The lowest BCUT2D eigenvalue weighted by Gasteiger charge is -2.34. The predicted molar refractivity (Wildman–Crippen MR) is 104 cm³/mol. The Hall–Kier alpha value is -2.30. The van der Waals surface area contributed by atoms with Crippen LogP contribution in [0.4, 0.5) is 5.82 Å². The lowest BCUT2D eigenvalue weighted by molar-refractivity contribution is 0.384. The van der Waals surface area contributed by atoms with Crippen LogP contribution < -0.4 is 4.90 Å². The number of rotatable bonds is 4. The topological polar surface area (TPSA) is 84.2 Å². The van der Waals surface area contributed by atoms with Gasteiger partial charge in [-0.25, -0.2) is 23.1 Å². The smallest absolute Gasteiger partial charge is 0.252 e. The number of anilines is 1. The van der Waals surface area contributed by atoms with Crippen LogP contribution in [0, 0.1) is 13.8 Å². The summed E-state index contributed by atoms with van der Waals surface area (Å²) in [6.45, 7) is 5.78. The summed E-state index contributed by atoms with van der Waals surface area (Å²) in [7, 11) is -3.42. The van der Waals surface area contributed by atoms with Crippen molar-refractivity contribution in [2.75, 3.05) is 31.1 Å². The molecule has 3 aromatic rings. The van der Waals surface area contributed by atoms with Gasteiger partial charge < -0.3 is 4.90 Å². The van der Waals surface area contributed by atoms with Gasteiger partial charge in [-0.3, -0.25) is 0 Å². The number of aryl methyl sites for hydroxylation is 2. The first-order valence-corrected chi connectivity index (χ1v) is 10.9. The normalized spacial score (nSPS) is 16.0. The highest BCUT2D eigenvalue weighted by Crippen LogP contribution is 2.26. The number of piperazine rings is 1. The molecule has 4 heterocycles. The molecule has 0 saturated carbocycles. The molecule has 10 heteroatoms. The molecule has 0 radical (unpaired) electrons. The lowest BCUT2D eigenvalue weighted by Crippen LogP contribution is -2.48. The summed E-state index contributed by atoms with van der Waals surface area (Å²) in [5.41, 5.74) is 0. The first-order chi connectivity index (χ1) is 12.9. The molecule has 0 bridgehead atoms. The van der Waals surface area contributed by atoms with Crippen LogP contribution >= 0.6 is 11.3 Å². The molecule has 142 valence electrons. The fourth-order valence-electron chi connectivity index (χ4n) is 3.06. The standard InChI is InChI=1S/C17H20N6O2S2/c1-13-4-5-17(26-13)27(24,25)22-10-8-21(9-11-22)15-12-16(20-14(2)19-15)23-7-3-6-18-23/h3-7,12H,8-11H2,1-2H3. The molecule has 0 unspecified atom stereocenters. The second kappa shape index (κ2) is 7.02. The highest BCUT2D eigenvalue weighted by atomic mass is 32.2. The molecule has 1 aliphatic rings. The highest BCUT2D eigenvalue weighted by molar-refractivity contribution is 7.91. The van der Waals surface area contributed by atoms with E-state index in [1.165, 1.54) is 11.3 Å². The summed E-state index contributed by atoms with van der Waals surface area (Å²) in [4.78, 5) is 12.0.